The highest BCUT2D eigenvalue weighted by Gasteiger charge is 2.31. The van der Waals surface area contributed by atoms with Crippen molar-refractivity contribution in [2.75, 3.05) is 26.2 Å². The molecule has 1 fully saturated rings. The van der Waals surface area contributed by atoms with Gasteiger partial charge in [0.05, 0.1) is 0 Å². The van der Waals surface area contributed by atoms with Crippen molar-refractivity contribution < 1.29 is 22.5 Å². The molecule has 1 amide bonds. The average molecular weight is 403 g/mol. The number of nitrogens with zero attached hydrogens (tertiary/aromatic N) is 2. The first-order valence-electron chi connectivity index (χ1n) is 9.01. The highest BCUT2D eigenvalue weighted by Crippen LogP contribution is 2.24. The number of halogens is 3. The summed E-state index contributed by atoms with van der Waals surface area (Å²) in [5, 5.41) is 0. The molecule has 4 nitrogen and oxygen atoms in total. The third kappa shape index (κ3) is 5.57. The van der Waals surface area contributed by atoms with Gasteiger partial charge in [-0.25, -0.2) is 4.79 Å². The Bertz CT molecular complexity index is 712. The first-order valence-corrected chi connectivity index (χ1v) is 9.46. The molecule has 0 atom stereocenters. The average Bonchev–Trinajstić information content (AvgIpc) is 2.50. The molecule has 1 aromatic carbocycles. The van der Waals surface area contributed by atoms with Gasteiger partial charge in [0.1, 0.15) is 5.60 Å². The summed E-state index contributed by atoms with van der Waals surface area (Å²) in [6, 6.07) is 1.72. The van der Waals surface area contributed by atoms with E-state index in [1.165, 1.54) is 13.8 Å². The molecule has 27 heavy (non-hydrogen) atoms. The molecule has 0 saturated carbocycles. The molecule has 0 unspecified atom stereocenters. The molecule has 1 aliphatic heterocycles. The van der Waals surface area contributed by atoms with Crippen LogP contribution in [0.2, 0.25) is 0 Å². The minimum absolute atomic E-state index is 0.182. The quantitative estimate of drug-likeness (QED) is 0.617. The smallest absolute Gasteiger partial charge is 0.445 e. The summed E-state index contributed by atoms with van der Waals surface area (Å²) >= 11 is 4.24. The Morgan fingerprint density at radius 1 is 1.15 bits per heavy atom. The molecule has 0 radical (unpaired) electrons. The summed E-state index contributed by atoms with van der Waals surface area (Å²) in [5.41, 5.74) is -0.00372. The van der Waals surface area contributed by atoms with Crippen molar-refractivity contribution in [3.63, 3.8) is 0 Å². The second kappa shape index (κ2) is 7.95. The number of hydrogen-bond donors (Lipinski definition) is 1. The normalized spacial score (nSPS) is 16.6. The molecule has 0 aliphatic carbocycles. The van der Waals surface area contributed by atoms with Crippen LogP contribution in [0.1, 0.15) is 37.5 Å². The molecular weight excluding hydrogens is 376 g/mol. The zero-order valence-corrected chi connectivity index (χ0v) is 17.4. The van der Waals surface area contributed by atoms with Crippen molar-refractivity contribution in [2.45, 2.75) is 51.7 Å². The van der Waals surface area contributed by atoms with E-state index in [1.54, 1.807) is 11.0 Å². The SMILES string of the molecule is Cc1c(S)cc(CN2CCN(C(=O)OC(C)(C)C)CC2)c(C)c1[B-](F)(F)F. The zero-order chi connectivity index (χ0) is 20.6. The molecule has 9 heteroatoms. The van der Waals surface area contributed by atoms with E-state index in [2.05, 4.69) is 17.5 Å². The third-order valence-electron chi connectivity index (χ3n) is 4.73. The number of carbonyl (C=O) groups is 1. The van der Waals surface area contributed by atoms with E-state index in [0.29, 0.717) is 43.2 Å². The molecule has 1 aromatic rings. The van der Waals surface area contributed by atoms with Gasteiger partial charge in [-0.3, -0.25) is 4.90 Å². The standard InChI is InChI=1S/C18H27BF3N2O2S/c1-12-14(10-15(27)13(2)16(12)19(20,21)22)11-23-6-8-24(9-7-23)17(25)26-18(3,4)5/h10,27H,6-9,11H2,1-5H3/q-1. The number of amides is 1. The molecule has 0 bridgehead atoms. The Labute approximate surface area is 164 Å². The fourth-order valence-corrected chi connectivity index (χ4v) is 3.56. The van der Waals surface area contributed by atoms with Crippen molar-refractivity contribution in [3.8, 4) is 0 Å². The number of piperazine rings is 1. The molecule has 1 aliphatic rings. The van der Waals surface area contributed by atoms with Gasteiger partial charge in [0, 0.05) is 37.6 Å². The van der Waals surface area contributed by atoms with E-state index in [1.807, 2.05) is 20.8 Å². The van der Waals surface area contributed by atoms with Crippen molar-refractivity contribution >= 4 is 31.2 Å². The van der Waals surface area contributed by atoms with Gasteiger partial charge in [0.25, 0.3) is 0 Å². The van der Waals surface area contributed by atoms with E-state index in [-0.39, 0.29) is 17.2 Å². The Morgan fingerprint density at radius 3 is 2.19 bits per heavy atom. The number of benzene rings is 1. The number of ether oxygens (including phenoxy) is 1. The van der Waals surface area contributed by atoms with Crippen LogP contribution in [-0.4, -0.2) is 54.7 Å². The van der Waals surface area contributed by atoms with Crippen LogP contribution in [0.15, 0.2) is 11.0 Å². The van der Waals surface area contributed by atoms with Crippen LogP contribution in [0.4, 0.5) is 17.7 Å². The highest BCUT2D eigenvalue weighted by atomic mass is 32.1. The van der Waals surface area contributed by atoms with Crippen LogP contribution in [0, 0.1) is 13.8 Å². The number of carbonyl (C=O) groups excluding carboxylic acids is 1. The maximum atomic E-state index is 13.5. The van der Waals surface area contributed by atoms with E-state index in [0.717, 1.165) is 0 Å². The van der Waals surface area contributed by atoms with Crippen LogP contribution in [0.25, 0.3) is 0 Å². The Morgan fingerprint density at radius 2 is 1.70 bits per heavy atom. The Balaban J connectivity index is 2.08. The summed E-state index contributed by atoms with van der Waals surface area (Å²) in [6.45, 7) is 5.89. The van der Waals surface area contributed by atoms with E-state index in [9.17, 15) is 17.7 Å². The summed E-state index contributed by atoms with van der Waals surface area (Å²) in [6.07, 6.45) is -0.353. The topological polar surface area (TPSA) is 32.8 Å². The molecule has 1 saturated heterocycles. The van der Waals surface area contributed by atoms with Crippen molar-refractivity contribution in [2.24, 2.45) is 0 Å². The van der Waals surface area contributed by atoms with Gasteiger partial charge in [-0.1, -0.05) is 11.1 Å². The summed E-state index contributed by atoms with van der Waals surface area (Å²) < 4.78 is 45.8. The molecular formula is C18H27BF3N2O2S-. The van der Waals surface area contributed by atoms with Crippen molar-refractivity contribution in [1.82, 2.24) is 9.80 Å². The van der Waals surface area contributed by atoms with Crippen LogP contribution in [0.3, 0.4) is 0 Å². The monoisotopic (exact) mass is 403 g/mol. The lowest BCUT2D eigenvalue weighted by Gasteiger charge is -2.36. The van der Waals surface area contributed by atoms with Crippen LogP contribution in [-0.2, 0) is 11.3 Å². The zero-order valence-electron chi connectivity index (χ0n) is 16.5. The van der Waals surface area contributed by atoms with Gasteiger partial charge in [0.2, 0.25) is 0 Å². The Kier molecular flexibility index (Phi) is 6.46. The van der Waals surface area contributed by atoms with Crippen LogP contribution < -0.4 is 5.46 Å². The molecule has 152 valence electrons. The lowest BCUT2D eigenvalue weighted by molar-refractivity contribution is 0.0139. The van der Waals surface area contributed by atoms with E-state index >= 15 is 0 Å². The predicted molar refractivity (Wildman–Crippen MR) is 105 cm³/mol. The highest BCUT2D eigenvalue weighted by molar-refractivity contribution is 7.80. The van der Waals surface area contributed by atoms with Gasteiger partial charge in [-0.05, 0) is 46.2 Å². The second-order valence-electron chi connectivity index (χ2n) is 8.04. The van der Waals surface area contributed by atoms with E-state index in [4.69, 9.17) is 4.74 Å². The maximum Gasteiger partial charge on any atom is 0.510 e. The summed E-state index contributed by atoms with van der Waals surface area (Å²) in [7, 11) is 0. The van der Waals surface area contributed by atoms with Gasteiger partial charge in [-0.2, -0.15) is 0 Å². The molecule has 0 N–H and O–H groups in total. The third-order valence-corrected chi connectivity index (χ3v) is 5.19. The van der Waals surface area contributed by atoms with Gasteiger partial charge in [0.15, 0.2) is 0 Å². The maximum absolute atomic E-state index is 13.5. The predicted octanol–water partition coefficient (Wildman–Crippen LogP) is 3.70. The van der Waals surface area contributed by atoms with Gasteiger partial charge in [-0.15, -0.1) is 18.1 Å². The van der Waals surface area contributed by atoms with Crippen molar-refractivity contribution in [3.05, 3.63) is 22.8 Å². The summed E-state index contributed by atoms with van der Waals surface area (Å²) in [4.78, 5) is 16.2. The molecule has 2 rings (SSSR count). The fraction of sp³-hybridized carbons (Fsp3) is 0.611. The first kappa shape index (κ1) is 21.9. The number of thiol groups is 1. The largest absolute Gasteiger partial charge is 0.510 e. The lowest BCUT2D eigenvalue weighted by Crippen LogP contribution is -2.49. The van der Waals surface area contributed by atoms with Crippen molar-refractivity contribution in [1.29, 1.82) is 0 Å². The fourth-order valence-electron chi connectivity index (χ4n) is 3.28. The van der Waals surface area contributed by atoms with Crippen LogP contribution in [0.5, 0.6) is 0 Å². The second-order valence-corrected chi connectivity index (χ2v) is 8.52. The van der Waals surface area contributed by atoms with Gasteiger partial charge >= 0.3 is 13.1 Å². The van der Waals surface area contributed by atoms with E-state index < -0.39 is 18.0 Å². The number of hydrogen-bond acceptors (Lipinski definition) is 4. The first-order chi connectivity index (χ1) is 12.3. The molecule has 0 spiro atoms. The lowest BCUT2D eigenvalue weighted by atomic mass is 9.73. The molecule has 0 aromatic heterocycles. The minimum atomic E-state index is -5.09. The van der Waals surface area contributed by atoms with Gasteiger partial charge < -0.3 is 22.6 Å². The summed E-state index contributed by atoms with van der Waals surface area (Å²) in [5.74, 6) is 0. The number of rotatable bonds is 3. The molecule has 1 heterocycles. The van der Waals surface area contributed by atoms with Crippen LogP contribution >= 0.6 is 12.6 Å². The Hall–Kier alpha value is -1.35. The minimum Gasteiger partial charge on any atom is -0.445 e.